The largest absolute Gasteiger partial charge is 0.476 e. The van der Waals surface area contributed by atoms with Gasteiger partial charge in [0.05, 0.1) is 28.0 Å². The van der Waals surface area contributed by atoms with Gasteiger partial charge in [-0.25, -0.2) is 9.48 Å². The average Bonchev–Trinajstić information content (AvgIpc) is 3.58. The number of carboxylic acid groups (broad SMARTS) is 1. The molecule has 1 N–H and O–H groups in total. The van der Waals surface area contributed by atoms with Gasteiger partial charge in [0, 0.05) is 24.0 Å². The molecule has 4 aromatic rings. The number of aromatic nitrogens is 2. The van der Waals surface area contributed by atoms with E-state index in [9.17, 15) is 14.7 Å². The summed E-state index contributed by atoms with van der Waals surface area (Å²) in [6, 6.07) is 25.1. The van der Waals surface area contributed by atoms with E-state index < -0.39 is 11.9 Å². The standard InChI is InChI=1S/C38H41N5O3/c1-3-4-5-6-7-14-23-41-24-15-16-29-25-28(21-22-32(29)41)26-33-34(27(2)39-42(33)30-17-10-8-11-18-30)35-36(38(45)46)40-43(37(35)44)31-19-12-9-13-20-31/h8-13,17-22,25-26H,3-7,14-16,23-24H2,1-2H3,(H,45,46)/b33-26?,35-34-. The second kappa shape index (κ2) is 14.0. The Hall–Kier alpha value is -4.98. The number of carboxylic acids is 1. The number of nitrogens with zero attached hydrogens (tertiary/aromatic N) is 5. The second-order valence-electron chi connectivity index (χ2n) is 12.1. The number of aliphatic carboxylic acids is 1. The van der Waals surface area contributed by atoms with Crippen molar-refractivity contribution in [3.63, 3.8) is 0 Å². The molecule has 0 saturated heterocycles. The van der Waals surface area contributed by atoms with E-state index in [0.29, 0.717) is 21.9 Å². The van der Waals surface area contributed by atoms with E-state index >= 15 is 0 Å². The van der Waals surface area contributed by atoms with Crippen molar-refractivity contribution in [1.29, 1.82) is 0 Å². The SMILES string of the molecule is CCCCCCCCN1CCCc2cc(C=c3/c(=C4\C(=O)N(c5ccccc5)N=C4C(=O)O)c(C)nn3-c3ccccc3)ccc21. The maximum atomic E-state index is 14.0. The van der Waals surface area contributed by atoms with E-state index in [-0.39, 0.29) is 11.3 Å². The van der Waals surface area contributed by atoms with Gasteiger partial charge in [-0.2, -0.15) is 15.2 Å². The van der Waals surface area contributed by atoms with Gasteiger partial charge in [0.15, 0.2) is 5.71 Å². The molecule has 0 atom stereocenters. The van der Waals surface area contributed by atoms with Crippen LogP contribution in [0.25, 0.3) is 17.3 Å². The number of para-hydroxylation sites is 2. The number of carbonyl (C=O) groups excluding carboxylic acids is 1. The molecule has 3 heterocycles. The Morgan fingerprint density at radius 2 is 1.61 bits per heavy atom. The predicted octanol–water partition coefficient (Wildman–Crippen LogP) is 5.76. The van der Waals surface area contributed by atoms with Gasteiger partial charge in [-0.05, 0) is 79.8 Å². The normalized spacial score (nSPS) is 16.2. The van der Waals surface area contributed by atoms with Crippen molar-refractivity contribution in [2.45, 2.75) is 65.2 Å². The van der Waals surface area contributed by atoms with Gasteiger partial charge in [-0.1, -0.05) is 81.5 Å². The molecule has 0 bridgehead atoms. The first-order valence-electron chi connectivity index (χ1n) is 16.4. The maximum Gasteiger partial charge on any atom is 0.357 e. The molecule has 2 aliphatic heterocycles. The summed E-state index contributed by atoms with van der Waals surface area (Å²) < 4.78 is 1.79. The van der Waals surface area contributed by atoms with Gasteiger partial charge in [0.25, 0.3) is 5.91 Å². The molecule has 0 fully saturated rings. The van der Waals surface area contributed by atoms with Crippen LogP contribution in [0, 0.1) is 6.92 Å². The Labute approximate surface area is 270 Å². The first-order valence-corrected chi connectivity index (χ1v) is 16.4. The van der Waals surface area contributed by atoms with Gasteiger partial charge in [-0.15, -0.1) is 0 Å². The van der Waals surface area contributed by atoms with Crippen molar-refractivity contribution in [2.75, 3.05) is 23.0 Å². The van der Waals surface area contributed by atoms with Crippen LogP contribution in [0.5, 0.6) is 0 Å². The predicted molar refractivity (Wildman–Crippen MR) is 184 cm³/mol. The molecule has 8 nitrogen and oxygen atoms in total. The summed E-state index contributed by atoms with van der Waals surface area (Å²) >= 11 is 0. The number of amides is 1. The molecule has 0 unspecified atom stereocenters. The zero-order valence-corrected chi connectivity index (χ0v) is 26.7. The van der Waals surface area contributed by atoms with E-state index in [0.717, 1.165) is 37.2 Å². The van der Waals surface area contributed by atoms with Gasteiger partial charge in [-0.3, -0.25) is 4.79 Å². The number of aryl methyl sites for hydroxylation is 2. The average molecular weight is 616 g/mol. The van der Waals surface area contributed by atoms with E-state index in [2.05, 4.69) is 35.1 Å². The molecular weight excluding hydrogens is 574 g/mol. The molecule has 0 spiro atoms. The lowest BCUT2D eigenvalue weighted by molar-refractivity contribution is -0.129. The van der Waals surface area contributed by atoms with Gasteiger partial charge in [0.1, 0.15) is 0 Å². The third kappa shape index (κ3) is 6.38. The molecule has 2 aliphatic rings. The highest BCUT2D eigenvalue weighted by molar-refractivity contribution is 6.65. The summed E-state index contributed by atoms with van der Waals surface area (Å²) in [5.41, 5.74) is 5.17. The monoisotopic (exact) mass is 615 g/mol. The highest BCUT2D eigenvalue weighted by atomic mass is 16.4. The third-order valence-electron chi connectivity index (χ3n) is 8.80. The van der Waals surface area contributed by atoms with Crippen molar-refractivity contribution < 1.29 is 14.7 Å². The van der Waals surface area contributed by atoms with E-state index in [1.807, 2.05) is 49.4 Å². The molecule has 0 saturated carbocycles. The summed E-state index contributed by atoms with van der Waals surface area (Å²) in [7, 11) is 0. The van der Waals surface area contributed by atoms with Gasteiger partial charge >= 0.3 is 5.97 Å². The minimum Gasteiger partial charge on any atom is -0.476 e. The zero-order valence-electron chi connectivity index (χ0n) is 26.7. The fourth-order valence-corrected chi connectivity index (χ4v) is 6.53. The molecule has 0 aliphatic carbocycles. The highest BCUT2D eigenvalue weighted by Crippen LogP contribution is 2.29. The van der Waals surface area contributed by atoms with Crippen LogP contribution < -0.4 is 20.5 Å². The minimum atomic E-state index is -1.26. The summed E-state index contributed by atoms with van der Waals surface area (Å²) in [4.78, 5) is 29.0. The van der Waals surface area contributed by atoms with Crippen molar-refractivity contribution in [3.05, 3.63) is 106 Å². The number of carbonyl (C=O) groups is 2. The number of hydrazone groups is 1. The quantitative estimate of drug-likeness (QED) is 0.217. The Morgan fingerprint density at radius 3 is 2.33 bits per heavy atom. The lowest BCUT2D eigenvalue weighted by Gasteiger charge is -2.31. The number of unbranched alkanes of at least 4 members (excludes halogenated alkanes) is 5. The van der Waals surface area contributed by atoms with Crippen LogP contribution in [0.15, 0.2) is 84.0 Å². The minimum absolute atomic E-state index is 0.0327. The molecule has 3 aromatic carbocycles. The van der Waals surface area contributed by atoms with Crippen molar-refractivity contribution in [1.82, 2.24) is 9.78 Å². The fourth-order valence-electron chi connectivity index (χ4n) is 6.53. The molecule has 8 heteroatoms. The van der Waals surface area contributed by atoms with Crippen LogP contribution in [0.3, 0.4) is 0 Å². The lowest BCUT2D eigenvalue weighted by atomic mass is 9.98. The number of fused-ring (bicyclic) bond motifs is 1. The van der Waals surface area contributed by atoms with Crippen LogP contribution in [0.4, 0.5) is 11.4 Å². The van der Waals surface area contributed by atoms with Crippen molar-refractivity contribution in [3.8, 4) is 5.69 Å². The Morgan fingerprint density at radius 1 is 0.913 bits per heavy atom. The lowest BCUT2D eigenvalue weighted by Crippen LogP contribution is -2.37. The molecule has 6 rings (SSSR count). The Balaban J connectivity index is 1.45. The summed E-state index contributed by atoms with van der Waals surface area (Å²) in [5, 5.41) is 21.6. The van der Waals surface area contributed by atoms with Crippen LogP contribution in [-0.4, -0.2) is 45.6 Å². The van der Waals surface area contributed by atoms with E-state index in [1.54, 1.807) is 28.9 Å². The van der Waals surface area contributed by atoms with Crippen molar-refractivity contribution in [2.24, 2.45) is 5.10 Å². The van der Waals surface area contributed by atoms with Crippen LogP contribution in [-0.2, 0) is 16.0 Å². The smallest absolute Gasteiger partial charge is 0.357 e. The number of anilines is 2. The molecule has 0 radical (unpaired) electrons. The Bertz CT molecular complexity index is 1880. The van der Waals surface area contributed by atoms with Gasteiger partial charge in [0.2, 0.25) is 0 Å². The van der Waals surface area contributed by atoms with Crippen LogP contribution in [0.1, 0.15) is 68.7 Å². The summed E-state index contributed by atoms with van der Waals surface area (Å²) in [5.74, 6) is -1.76. The first-order chi connectivity index (χ1) is 22.5. The van der Waals surface area contributed by atoms with Crippen LogP contribution >= 0.6 is 0 Å². The molecule has 1 aromatic heterocycles. The second-order valence-corrected chi connectivity index (χ2v) is 12.1. The molecule has 236 valence electrons. The highest BCUT2D eigenvalue weighted by Gasteiger charge is 2.37. The summed E-state index contributed by atoms with van der Waals surface area (Å²) in [6.07, 6.45) is 11.8. The number of hydrogen-bond donors (Lipinski definition) is 1. The first kappa shape index (κ1) is 31.0. The summed E-state index contributed by atoms with van der Waals surface area (Å²) in [6.45, 7) is 6.21. The topological polar surface area (TPSA) is 91.0 Å². The number of benzene rings is 3. The molecule has 1 amide bonds. The zero-order chi connectivity index (χ0) is 32.0. The number of hydrogen-bond acceptors (Lipinski definition) is 5. The maximum absolute atomic E-state index is 14.0. The van der Waals surface area contributed by atoms with Crippen LogP contribution in [0.2, 0.25) is 0 Å². The van der Waals surface area contributed by atoms with E-state index in [4.69, 9.17) is 5.10 Å². The third-order valence-corrected chi connectivity index (χ3v) is 8.80. The molecular formula is C38H41N5O3. The Kier molecular flexibility index (Phi) is 9.43. The van der Waals surface area contributed by atoms with Crippen molar-refractivity contribution >= 4 is 40.6 Å². The fraction of sp³-hybridized carbons (Fsp3) is 0.316. The van der Waals surface area contributed by atoms with Gasteiger partial charge < -0.3 is 10.0 Å². The number of rotatable bonds is 11. The molecule has 46 heavy (non-hydrogen) atoms. The van der Waals surface area contributed by atoms with E-state index in [1.165, 1.54) is 54.8 Å².